The smallest absolute Gasteiger partial charge is 0.255 e. The van der Waals surface area contributed by atoms with Gasteiger partial charge in [-0.25, -0.2) is 4.98 Å². The molecule has 1 aromatic carbocycles. The zero-order chi connectivity index (χ0) is 14.4. The third kappa shape index (κ3) is 4.05. The van der Waals surface area contributed by atoms with E-state index < -0.39 is 0 Å². The standard InChI is InChI=1S/C15H15ClN2O2/c16-14-10-12(6-7-17-14)15(20)18-13-5-1-3-11(9-13)4-2-8-19/h1,3,5-7,9-10,19H,2,4,8H2,(H,18,20). The van der Waals surface area contributed by atoms with E-state index in [1.807, 2.05) is 24.3 Å². The maximum Gasteiger partial charge on any atom is 0.255 e. The van der Waals surface area contributed by atoms with Gasteiger partial charge in [0.05, 0.1) is 0 Å². The molecule has 104 valence electrons. The number of nitrogens with zero attached hydrogens (tertiary/aromatic N) is 1. The summed E-state index contributed by atoms with van der Waals surface area (Å²) in [5, 5.41) is 11.9. The van der Waals surface area contributed by atoms with Crippen LogP contribution in [0.1, 0.15) is 22.3 Å². The zero-order valence-corrected chi connectivity index (χ0v) is 11.6. The first-order valence-electron chi connectivity index (χ1n) is 6.32. The topological polar surface area (TPSA) is 62.2 Å². The molecule has 0 saturated heterocycles. The van der Waals surface area contributed by atoms with E-state index in [1.165, 1.54) is 12.3 Å². The first-order chi connectivity index (χ1) is 9.69. The fourth-order valence-electron chi connectivity index (χ4n) is 1.83. The van der Waals surface area contributed by atoms with Gasteiger partial charge in [-0.1, -0.05) is 23.7 Å². The highest BCUT2D eigenvalue weighted by atomic mass is 35.5. The van der Waals surface area contributed by atoms with Crippen molar-refractivity contribution in [2.24, 2.45) is 0 Å². The summed E-state index contributed by atoms with van der Waals surface area (Å²) in [5.74, 6) is -0.228. The van der Waals surface area contributed by atoms with E-state index in [-0.39, 0.29) is 17.7 Å². The molecule has 5 heteroatoms. The van der Waals surface area contributed by atoms with Crippen molar-refractivity contribution < 1.29 is 9.90 Å². The Hall–Kier alpha value is -1.91. The van der Waals surface area contributed by atoms with Crippen LogP contribution in [0.5, 0.6) is 0 Å². The summed E-state index contributed by atoms with van der Waals surface area (Å²) in [5.41, 5.74) is 2.26. The predicted molar refractivity (Wildman–Crippen MR) is 79.0 cm³/mol. The monoisotopic (exact) mass is 290 g/mol. The van der Waals surface area contributed by atoms with Gasteiger partial charge in [0.2, 0.25) is 0 Å². The van der Waals surface area contributed by atoms with Crippen molar-refractivity contribution in [3.8, 4) is 0 Å². The van der Waals surface area contributed by atoms with E-state index in [2.05, 4.69) is 10.3 Å². The normalized spacial score (nSPS) is 10.3. The number of pyridine rings is 1. The van der Waals surface area contributed by atoms with Crippen molar-refractivity contribution in [3.05, 3.63) is 58.9 Å². The molecule has 0 unspecified atom stereocenters. The largest absolute Gasteiger partial charge is 0.396 e. The summed E-state index contributed by atoms with van der Waals surface area (Å²) in [4.78, 5) is 15.9. The van der Waals surface area contributed by atoms with E-state index in [0.717, 1.165) is 17.7 Å². The Kier molecular flexibility index (Phi) is 5.09. The van der Waals surface area contributed by atoms with Crippen LogP contribution in [-0.4, -0.2) is 22.6 Å². The van der Waals surface area contributed by atoms with E-state index >= 15 is 0 Å². The second-order valence-corrected chi connectivity index (χ2v) is 4.74. The van der Waals surface area contributed by atoms with E-state index in [0.29, 0.717) is 12.0 Å². The molecule has 2 rings (SSSR count). The Bertz CT molecular complexity index is 602. The molecule has 0 atom stereocenters. The second-order valence-electron chi connectivity index (χ2n) is 4.35. The number of carbonyl (C=O) groups excluding carboxylic acids is 1. The van der Waals surface area contributed by atoms with Crippen molar-refractivity contribution in [2.45, 2.75) is 12.8 Å². The number of anilines is 1. The van der Waals surface area contributed by atoms with E-state index in [9.17, 15) is 4.79 Å². The van der Waals surface area contributed by atoms with Gasteiger partial charge < -0.3 is 10.4 Å². The van der Waals surface area contributed by atoms with Crippen LogP contribution >= 0.6 is 11.6 Å². The highest BCUT2D eigenvalue weighted by molar-refractivity contribution is 6.29. The van der Waals surface area contributed by atoms with Crippen LogP contribution < -0.4 is 5.32 Å². The molecular formula is C15H15ClN2O2. The van der Waals surface area contributed by atoms with Gasteiger partial charge >= 0.3 is 0 Å². The maximum atomic E-state index is 12.1. The highest BCUT2D eigenvalue weighted by Crippen LogP contribution is 2.14. The third-order valence-corrected chi connectivity index (χ3v) is 3.00. The number of aliphatic hydroxyl groups is 1. The van der Waals surface area contributed by atoms with Crippen LogP contribution in [0.3, 0.4) is 0 Å². The molecule has 4 nitrogen and oxygen atoms in total. The molecule has 2 aromatic rings. The molecule has 1 aromatic heterocycles. The molecular weight excluding hydrogens is 276 g/mol. The zero-order valence-electron chi connectivity index (χ0n) is 10.8. The van der Waals surface area contributed by atoms with Crippen LogP contribution in [0.25, 0.3) is 0 Å². The quantitative estimate of drug-likeness (QED) is 0.832. The SMILES string of the molecule is O=C(Nc1cccc(CCCO)c1)c1ccnc(Cl)c1. The van der Waals surface area contributed by atoms with Gasteiger partial charge in [-0.05, 0) is 42.7 Å². The molecule has 1 amide bonds. The van der Waals surface area contributed by atoms with Gasteiger partial charge in [-0.3, -0.25) is 4.79 Å². The molecule has 0 saturated carbocycles. The number of amides is 1. The minimum atomic E-state index is -0.228. The van der Waals surface area contributed by atoms with Crippen LogP contribution in [0.2, 0.25) is 5.15 Å². The molecule has 1 heterocycles. The summed E-state index contributed by atoms with van der Waals surface area (Å²) in [6.45, 7) is 0.159. The molecule has 0 aliphatic rings. The molecule has 20 heavy (non-hydrogen) atoms. The number of hydrogen-bond acceptors (Lipinski definition) is 3. The highest BCUT2D eigenvalue weighted by Gasteiger charge is 2.07. The minimum Gasteiger partial charge on any atom is -0.396 e. The minimum absolute atomic E-state index is 0.159. The lowest BCUT2D eigenvalue weighted by Gasteiger charge is -2.07. The summed E-state index contributed by atoms with van der Waals surface area (Å²) in [7, 11) is 0. The van der Waals surface area contributed by atoms with E-state index in [1.54, 1.807) is 6.07 Å². The Balaban J connectivity index is 2.07. The van der Waals surface area contributed by atoms with E-state index in [4.69, 9.17) is 16.7 Å². The van der Waals surface area contributed by atoms with Crippen LogP contribution in [0.15, 0.2) is 42.6 Å². The van der Waals surface area contributed by atoms with Crippen LogP contribution in [0, 0.1) is 0 Å². The van der Waals surface area contributed by atoms with Gasteiger partial charge in [0, 0.05) is 24.1 Å². The number of hydrogen-bond donors (Lipinski definition) is 2. The Morgan fingerprint density at radius 3 is 2.90 bits per heavy atom. The molecule has 0 bridgehead atoms. The van der Waals surface area contributed by atoms with Gasteiger partial charge in [0.25, 0.3) is 5.91 Å². The van der Waals surface area contributed by atoms with Gasteiger partial charge in [-0.15, -0.1) is 0 Å². The number of aryl methyl sites for hydroxylation is 1. The Morgan fingerprint density at radius 1 is 1.30 bits per heavy atom. The third-order valence-electron chi connectivity index (χ3n) is 2.80. The Labute approximate surface area is 122 Å². The molecule has 0 radical (unpaired) electrons. The lowest BCUT2D eigenvalue weighted by atomic mass is 10.1. The van der Waals surface area contributed by atoms with Gasteiger partial charge in [-0.2, -0.15) is 0 Å². The summed E-state index contributed by atoms with van der Waals surface area (Å²) in [6.07, 6.45) is 2.98. The van der Waals surface area contributed by atoms with Crippen molar-refractivity contribution in [1.82, 2.24) is 4.98 Å². The van der Waals surface area contributed by atoms with Gasteiger partial charge in [0.1, 0.15) is 5.15 Å². The van der Waals surface area contributed by atoms with Crippen molar-refractivity contribution in [1.29, 1.82) is 0 Å². The molecule has 0 aliphatic carbocycles. The van der Waals surface area contributed by atoms with Crippen LogP contribution in [-0.2, 0) is 6.42 Å². The number of benzene rings is 1. The molecule has 0 aliphatic heterocycles. The van der Waals surface area contributed by atoms with Gasteiger partial charge in [0.15, 0.2) is 0 Å². The lowest BCUT2D eigenvalue weighted by Crippen LogP contribution is -2.12. The lowest BCUT2D eigenvalue weighted by molar-refractivity contribution is 0.102. The number of halogens is 1. The van der Waals surface area contributed by atoms with Crippen molar-refractivity contribution in [3.63, 3.8) is 0 Å². The first kappa shape index (κ1) is 14.5. The van der Waals surface area contributed by atoms with Crippen molar-refractivity contribution in [2.75, 3.05) is 11.9 Å². The average molecular weight is 291 g/mol. The molecule has 2 N–H and O–H groups in total. The van der Waals surface area contributed by atoms with Crippen LogP contribution in [0.4, 0.5) is 5.69 Å². The van der Waals surface area contributed by atoms with Crippen molar-refractivity contribution >= 4 is 23.2 Å². The Morgan fingerprint density at radius 2 is 2.15 bits per heavy atom. The number of nitrogens with one attached hydrogen (secondary N) is 1. The summed E-state index contributed by atoms with van der Waals surface area (Å²) in [6, 6.07) is 10.7. The number of rotatable bonds is 5. The first-order valence-corrected chi connectivity index (χ1v) is 6.69. The fourth-order valence-corrected chi connectivity index (χ4v) is 2.01. The average Bonchev–Trinajstić information content (AvgIpc) is 2.45. The molecule has 0 spiro atoms. The summed E-state index contributed by atoms with van der Waals surface area (Å²) < 4.78 is 0. The summed E-state index contributed by atoms with van der Waals surface area (Å²) >= 11 is 5.76. The fraction of sp³-hybridized carbons (Fsp3) is 0.200. The number of aliphatic hydroxyl groups excluding tert-OH is 1. The predicted octanol–water partition coefficient (Wildman–Crippen LogP) is 2.91. The second kappa shape index (κ2) is 7.03. The molecule has 0 fully saturated rings. The maximum absolute atomic E-state index is 12.1. The number of carbonyl (C=O) groups is 1. The number of aromatic nitrogens is 1.